The largest absolute Gasteiger partial charge is 0.459 e. The third kappa shape index (κ3) is 12.0. The van der Waals surface area contributed by atoms with Gasteiger partial charge in [-0.25, -0.2) is 14.4 Å². The van der Waals surface area contributed by atoms with Crippen molar-refractivity contribution in [2.45, 2.75) is 106 Å². The van der Waals surface area contributed by atoms with Crippen LogP contribution in [-0.2, 0) is 33.2 Å². The van der Waals surface area contributed by atoms with Crippen molar-refractivity contribution < 1.29 is 52.6 Å². The average molecular weight is 813 g/mol. The molecule has 58 heavy (non-hydrogen) atoms. The van der Waals surface area contributed by atoms with Crippen molar-refractivity contribution in [1.82, 2.24) is 0 Å². The highest BCUT2D eigenvalue weighted by atomic mass is 32.2. The molecule has 0 unspecified atom stereocenters. The van der Waals surface area contributed by atoms with Gasteiger partial charge in [0.2, 0.25) is 0 Å². The second-order valence-corrected chi connectivity index (χ2v) is 15.6. The summed E-state index contributed by atoms with van der Waals surface area (Å²) in [6.45, 7) is 4.08. The molecule has 6 rings (SSSR count). The number of aryl methyl sites for hydroxylation is 1. The molecule has 8 atom stereocenters. The molecule has 0 saturated carbocycles. The zero-order chi connectivity index (χ0) is 40.7. The Morgan fingerprint density at radius 3 is 1.74 bits per heavy atom. The number of thioether (sulfide) groups is 1. The van der Waals surface area contributed by atoms with Crippen LogP contribution in [0.15, 0.2) is 120 Å². The van der Waals surface area contributed by atoms with E-state index in [1.54, 1.807) is 91.0 Å². The first-order valence-corrected chi connectivity index (χ1v) is 20.9. The first-order valence-electron chi connectivity index (χ1n) is 20.0. The van der Waals surface area contributed by atoms with Crippen molar-refractivity contribution in [2.24, 2.45) is 0 Å². The highest BCUT2D eigenvalue weighted by molar-refractivity contribution is 8.00. The number of aliphatic hydroxyl groups excluding tert-OH is 1. The Morgan fingerprint density at radius 1 is 0.603 bits per heavy atom. The molecule has 0 aliphatic carbocycles. The van der Waals surface area contributed by atoms with Crippen LogP contribution >= 0.6 is 11.8 Å². The Kier molecular flexibility index (Phi) is 16.3. The summed E-state index contributed by atoms with van der Waals surface area (Å²) in [7, 11) is 0. The highest BCUT2D eigenvalue weighted by Gasteiger charge is 2.52. The predicted octanol–water partition coefficient (Wildman–Crippen LogP) is 7.97. The molecule has 0 amide bonds. The van der Waals surface area contributed by atoms with Crippen molar-refractivity contribution in [1.29, 1.82) is 0 Å². The minimum absolute atomic E-state index is 0.193. The van der Waals surface area contributed by atoms with E-state index in [1.807, 2.05) is 31.2 Å². The molecule has 11 nitrogen and oxygen atoms in total. The molecule has 4 aromatic carbocycles. The number of rotatable bonds is 20. The van der Waals surface area contributed by atoms with Crippen molar-refractivity contribution in [2.75, 3.05) is 19.8 Å². The van der Waals surface area contributed by atoms with Gasteiger partial charge in [-0.15, -0.1) is 11.8 Å². The van der Waals surface area contributed by atoms with Gasteiger partial charge in [0.15, 0.2) is 24.8 Å². The van der Waals surface area contributed by atoms with Gasteiger partial charge in [-0.3, -0.25) is 0 Å². The Labute approximate surface area is 344 Å². The van der Waals surface area contributed by atoms with Gasteiger partial charge in [0.25, 0.3) is 0 Å². The van der Waals surface area contributed by atoms with Gasteiger partial charge in [-0.2, -0.15) is 0 Å². The van der Waals surface area contributed by atoms with Crippen LogP contribution in [0.1, 0.15) is 82.1 Å². The molecule has 1 N–H and O–H groups in total. The van der Waals surface area contributed by atoms with Gasteiger partial charge in [-0.1, -0.05) is 111 Å². The standard InChI is InChI=1S/C46H52O11S/c1-3-4-5-6-7-17-28-51-45-40(57-44(50)34-22-15-10-16-23-34)39(56-43(49)33-20-13-9-14-21-33)37(55-45)30-53-46-41(58-35-26-24-31(2)25-27-35)38(47)36(54-46)29-52-42(48)32-18-11-8-12-19-32/h8-16,18-27,36-41,45-47H,3-7,17,28-30H2,1-2H3/t36-,37-,38+,39-,40+,41-,45+,46-/m1/s1. The number of hydrogen-bond acceptors (Lipinski definition) is 12. The monoisotopic (exact) mass is 812 g/mol. The smallest absolute Gasteiger partial charge is 0.338 e. The van der Waals surface area contributed by atoms with Gasteiger partial charge in [0.05, 0.1) is 28.5 Å². The molecule has 2 aliphatic heterocycles. The van der Waals surface area contributed by atoms with Crippen LogP contribution in [0, 0.1) is 6.92 Å². The number of carbonyl (C=O) groups is 3. The number of aliphatic hydroxyl groups is 1. The molecule has 0 spiro atoms. The third-order valence-electron chi connectivity index (χ3n) is 9.95. The lowest BCUT2D eigenvalue weighted by Crippen LogP contribution is -2.43. The summed E-state index contributed by atoms with van der Waals surface area (Å²) in [6.07, 6.45) is -1.11. The van der Waals surface area contributed by atoms with Gasteiger partial charge >= 0.3 is 17.9 Å². The molecular formula is C46H52O11S. The van der Waals surface area contributed by atoms with Crippen LogP contribution < -0.4 is 0 Å². The van der Waals surface area contributed by atoms with Gasteiger partial charge < -0.3 is 38.3 Å². The first-order chi connectivity index (χ1) is 28.3. The lowest BCUT2D eigenvalue weighted by atomic mass is 10.1. The number of ether oxygens (including phenoxy) is 7. The Hall–Kier alpha value is -4.56. The van der Waals surface area contributed by atoms with E-state index < -0.39 is 66.3 Å². The van der Waals surface area contributed by atoms with Crippen LogP contribution in [0.4, 0.5) is 0 Å². The molecule has 2 fully saturated rings. The maximum atomic E-state index is 13.6. The molecule has 2 aliphatic rings. The van der Waals surface area contributed by atoms with Crippen LogP contribution in [-0.4, -0.2) is 91.2 Å². The summed E-state index contributed by atoms with van der Waals surface area (Å²) in [5.41, 5.74) is 2.07. The Balaban J connectivity index is 1.22. The molecule has 0 aromatic heterocycles. The number of unbranched alkanes of at least 4 members (excludes halogenated alkanes) is 5. The van der Waals surface area contributed by atoms with Crippen molar-refractivity contribution in [3.63, 3.8) is 0 Å². The molecular weight excluding hydrogens is 761 g/mol. The maximum absolute atomic E-state index is 13.6. The van der Waals surface area contributed by atoms with E-state index in [0.717, 1.165) is 42.6 Å². The number of carbonyl (C=O) groups excluding carboxylic acids is 3. The fraction of sp³-hybridized carbons (Fsp3) is 0.413. The average Bonchev–Trinajstić information content (AvgIpc) is 3.73. The minimum atomic E-state index is -1.15. The summed E-state index contributed by atoms with van der Waals surface area (Å²) < 4.78 is 43.1. The zero-order valence-electron chi connectivity index (χ0n) is 32.9. The number of esters is 3. The van der Waals surface area contributed by atoms with Crippen LogP contribution in [0.2, 0.25) is 0 Å². The molecule has 12 heteroatoms. The summed E-state index contributed by atoms with van der Waals surface area (Å²) in [5, 5.41) is 10.9. The molecule has 0 radical (unpaired) electrons. The van der Waals surface area contributed by atoms with E-state index in [4.69, 9.17) is 33.2 Å². The quantitative estimate of drug-likeness (QED) is 0.0527. The zero-order valence-corrected chi connectivity index (χ0v) is 33.7. The van der Waals surface area contributed by atoms with E-state index in [2.05, 4.69) is 6.92 Å². The van der Waals surface area contributed by atoms with E-state index in [9.17, 15) is 19.5 Å². The second-order valence-electron chi connectivity index (χ2n) is 14.4. The normalized spacial score (nSPS) is 24.0. The molecule has 308 valence electrons. The van der Waals surface area contributed by atoms with Crippen LogP contribution in [0.5, 0.6) is 0 Å². The lowest BCUT2D eigenvalue weighted by Gasteiger charge is -2.25. The van der Waals surface area contributed by atoms with E-state index in [0.29, 0.717) is 23.3 Å². The van der Waals surface area contributed by atoms with E-state index in [-0.39, 0.29) is 13.2 Å². The van der Waals surface area contributed by atoms with E-state index >= 15 is 0 Å². The second kappa shape index (κ2) is 22.0. The lowest BCUT2D eigenvalue weighted by molar-refractivity contribution is -0.193. The topological polar surface area (TPSA) is 136 Å². The SMILES string of the molecule is CCCCCCCCO[C@H]1O[C@H](CO[C@@H]2O[C@H](COC(=O)c3ccccc3)[C@H](O)[C@H]2Sc2ccc(C)cc2)[C@@H](OC(=O)c2ccccc2)[C@@H]1OC(=O)c1ccccc1. The molecule has 0 bridgehead atoms. The summed E-state index contributed by atoms with van der Waals surface area (Å²) >= 11 is 1.37. The van der Waals surface area contributed by atoms with Crippen molar-refractivity contribution in [3.8, 4) is 0 Å². The van der Waals surface area contributed by atoms with Crippen LogP contribution in [0.3, 0.4) is 0 Å². The van der Waals surface area contributed by atoms with Gasteiger partial charge in [0, 0.05) is 11.5 Å². The minimum Gasteiger partial charge on any atom is -0.459 e. The van der Waals surface area contributed by atoms with E-state index in [1.165, 1.54) is 18.2 Å². The fourth-order valence-electron chi connectivity index (χ4n) is 6.72. The van der Waals surface area contributed by atoms with Gasteiger partial charge in [-0.05, 0) is 61.9 Å². The molecule has 2 heterocycles. The van der Waals surface area contributed by atoms with Crippen molar-refractivity contribution >= 4 is 29.7 Å². The first kappa shape index (κ1) is 43.0. The summed E-state index contributed by atoms with van der Waals surface area (Å²) in [6, 6.07) is 33.4. The predicted molar refractivity (Wildman–Crippen MR) is 217 cm³/mol. The fourth-order valence-corrected chi connectivity index (χ4v) is 7.90. The Morgan fingerprint density at radius 2 is 1.14 bits per heavy atom. The highest BCUT2D eigenvalue weighted by Crippen LogP contribution is 2.38. The van der Waals surface area contributed by atoms with Crippen molar-refractivity contribution in [3.05, 3.63) is 138 Å². The van der Waals surface area contributed by atoms with Crippen LogP contribution in [0.25, 0.3) is 0 Å². The van der Waals surface area contributed by atoms with Gasteiger partial charge in [0.1, 0.15) is 24.9 Å². The number of benzene rings is 4. The molecule has 2 saturated heterocycles. The summed E-state index contributed by atoms with van der Waals surface area (Å²) in [4.78, 5) is 40.8. The molecule has 4 aromatic rings. The maximum Gasteiger partial charge on any atom is 0.338 e. The number of hydrogen-bond donors (Lipinski definition) is 1. The third-order valence-corrected chi connectivity index (χ3v) is 11.3. The summed E-state index contributed by atoms with van der Waals surface area (Å²) in [5.74, 6) is -1.82. The Bertz CT molecular complexity index is 1860.